The first-order chi connectivity index (χ1) is 4.26. The summed E-state index contributed by atoms with van der Waals surface area (Å²) in [5.41, 5.74) is -0.419. The standard InChI is InChI=1S/C5H4N2O2/c1-9-5(8)4(2-6)3-7/h8H,1H3. The number of ether oxygens (including phenoxy) is 1. The van der Waals surface area contributed by atoms with Gasteiger partial charge >= 0.3 is 5.95 Å². The molecule has 0 aromatic heterocycles. The number of hydrogen-bond acceptors (Lipinski definition) is 4. The Morgan fingerprint density at radius 1 is 1.44 bits per heavy atom. The van der Waals surface area contributed by atoms with E-state index in [-0.39, 0.29) is 0 Å². The van der Waals surface area contributed by atoms with E-state index < -0.39 is 11.5 Å². The van der Waals surface area contributed by atoms with Crippen LogP contribution in [-0.2, 0) is 4.74 Å². The van der Waals surface area contributed by atoms with E-state index in [2.05, 4.69) is 4.74 Å². The van der Waals surface area contributed by atoms with Crippen molar-refractivity contribution in [3.8, 4) is 12.1 Å². The molecule has 0 heterocycles. The molecule has 9 heavy (non-hydrogen) atoms. The Kier molecular flexibility index (Phi) is 2.72. The van der Waals surface area contributed by atoms with Crippen molar-refractivity contribution in [2.45, 2.75) is 0 Å². The molecular weight excluding hydrogens is 120 g/mol. The molecular formula is C5H4N2O2. The predicted molar refractivity (Wildman–Crippen MR) is 27.9 cm³/mol. The average Bonchev–Trinajstić information content (AvgIpc) is 1.90. The van der Waals surface area contributed by atoms with Crippen LogP contribution in [0.15, 0.2) is 11.5 Å². The average molecular weight is 124 g/mol. The van der Waals surface area contributed by atoms with Crippen LogP contribution >= 0.6 is 0 Å². The van der Waals surface area contributed by atoms with E-state index >= 15 is 0 Å². The lowest BCUT2D eigenvalue weighted by atomic mass is 10.4. The molecule has 0 aromatic carbocycles. The van der Waals surface area contributed by atoms with Gasteiger partial charge in [0.2, 0.25) is 5.57 Å². The fourth-order valence-corrected chi connectivity index (χ4v) is 0.223. The van der Waals surface area contributed by atoms with Crippen molar-refractivity contribution in [2.24, 2.45) is 0 Å². The van der Waals surface area contributed by atoms with E-state index in [0.717, 1.165) is 0 Å². The molecule has 0 saturated heterocycles. The molecule has 4 heteroatoms. The summed E-state index contributed by atoms with van der Waals surface area (Å²) in [6.45, 7) is 0. The van der Waals surface area contributed by atoms with E-state index in [9.17, 15) is 0 Å². The first kappa shape index (κ1) is 7.32. The van der Waals surface area contributed by atoms with Crippen molar-refractivity contribution in [3.05, 3.63) is 11.5 Å². The second kappa shape index (κ2) is 3.34. The highest BCUT2D eigenvalue weighted by molar-refractivity contribution is 5.35. The van der Waals surface area contributed by atoms with E-state index in [1.54, 1.807) is 0 Å². The Balaban J connectivity index is 4.49. The third kappa shape index (κ3) is 1.70. The highest BCUT2D eigenvalue weighted by Gasteiger charge is 2.01. The number of rotatable bonds is 1. The summed E-state index contributed by atoms with van der Waals surface area (Å²) in [6, 6.07) is 2.89. The molecule has 0 rings (SSSR count). The SMILES string of the molecule is COC(O)=C(C#N)C#N. The molecule has 46 valence electrons. The van der Waals surface area contributed by atoms with Crippen LogP contribution in [-0.4, -0.2) is 12.2 Å². The number of allylic oxidation sites excluding steroid dienone is 1. The Hall–Kier alpha value is -1.68. The molecule has 0 fully saturated rings. The number of aliphatic hydroxyl groups is 1. The summed E-state index contributed by atoms with van der Waals surface area (Å²) in [7, 11) is 1.17. The van der Waals surface area contributed by atoms with Gasteiger partial charge in [-0.25, -0.2) is 0 Å². The summed E-state index contributed by atoms with van der Waals surface area (Å²) < 4.78 is 4.18. The molecule has 0 aliphatic rings. The topological polar surface area (TPSA) is 77.0 Å². The summed E-state index contributed by atoms with van der Waals surface area (Å²) in [5, 5.41) is 24.6. The van der Waals surface area contributed by atoms with Crippen molar-refractivity contribution in [1.82, 2.24) is 0 Å². The largest absolute Gasteiger partial charge is 0.479 e. The maximum absolute atomic E-state index is 8.53. The molecule has 0 aliphatic heterocycles. The maximum Gasteiger partial charge on any atom is 0.306 e. The maximum atomic E-state index is 8.53. The number of nitriles is 2. The zero-order valence-corrected chi connectivity index (χ0v) is 4.75. The quantitative estimate of drug-likeness (QED) is 0.406. The van der Waals surface area contributed by atoms with Gasteiger partial charge in [0.1, 0.15) is 12.1 Å². The molecule has 1 N–H and O–H groups in total. The fraction of sp³-hybridized carbons (Fsp3) is 0.200. The van der Waals surface area contributed by atoms with Gasteiger partial charge in [-0.15, -0.1) is 0 Å². The lowest BCUT2D eigenvalue weighted by molar-refractivity contribution is 0.134. The molecule has 4 nitrogen and oxygen atoms in total. The molecule has 0 aliphatic carbocycles. The monoisotopic (exact) mass is 124 g/mol. The van der Waals surface area contributed by atoms with Crippen LogP contribution in [0.2, 0.25) is 0 Å². The van der Waals surface area contributed by atoms with Crippen molar-refractivity contribution in [2.75, 3.05) is 7.11 Å². The summed E-state index contributed by atoms with van der Waals surface area (Å²) in [4.78, 5) is 0. The molecule has 0 aromatic rings. The summed E-state index contributed by atoms with van der Waals surface area (Å²) in [6.07, 6.45) is 0. The first-order valence-corrected chi connectivity index (χ1v) is 2.03. The van der Waals surface area contributed by atoms with Crippen LogP contribution in [0.3, 0.4) is 0 Å². The first-order valence-electron chi connectivity index (χ1n) is 2.03. The van der Waals surface area contributed by atoms with Crippen LogP contribution in [0.1, 0.15) is 0 Å². The van der Waals surface area contributed by atoms with Gasteiger partial charge in [-0.2, -0.15) is 10.5 Å². The molecule has 0 atom stereocenters. The second-order valence-electron chi connectivity index (χ2n) is 1.11. The number of hydrogen-bond donors (Lipinski definition) is 1. The molecule has 0 bridgehead atoms. The van der Waals surface area contributed by atoms with Crippen molar-refractivity contribution >= 4 is 0 Å². The zero-order valence-electron chi connectivity index (χ0n) is 4.75. The Labute approximate surface area is 52.2 Å². The highest BCUT2D eigenvalue weighted by Crippen LogP contribution is 1.97. The zero-order chi connectivity index (χ0) is 7.28. The van der Waals surface area contributed by atoms with Gasteiger partial charge in [-0.3, -0.25) is 0 Å². The van der Waals surface area contributed by atoms with Crippen LogP contribution in [0, 0.1) is 22.7 Å². The van der Waals surface area contributed by atoms with Crippen molar-refractivity contribution in [3.63, 3.8) is 0 Å². The van der Waals surface area contributed by atoms with E-state index in [1.165, 1.54) is 19.2 Å². The Bertz CT molecular complexity index is 190. The number of aliphatic hydroxyl groups excluding tert-OH is 1. The van der Waals surface area contributed by atoms with Gasteiger partial charge < -0.3 is 9.84 Å². The highest BCUT2D eigenvalue weighted by atomic mass is 16.6. The Morgan fingerprint density at radius 2 is 1.89 bits per heavy atom. The number of nitrogens with zero attached hydrogens (tertiary/aromatic N) is 2. The third-order valence-corrected chi connectivity index (χ3v) is 0.631. The van der Waals surface area contributed by atoms with Gasteiger partial charge in [0.25, 0.3) is 0 Å². The van der Waals surface area contributed by atoms with Crippen molar-refractivity contribution < 1.29 is 9.84 Å². The van der Waals surface area contributed by atoms with Crippen LogP contribution in [0.5, 0.6) is 0 Å². The van der Waals surface area contributed by atoms with E-state index in [1.807, 2.05) is 0 Å². The minimum Gasteiger partial charge on any atom is -0.479 e. The van der Waals surface area contributed by atoms with Gasteiger partial charge in [0.05, 0.1) is 7.11 Å². The molecule has 0 saturated carbocycles. The van der Waals surface area contributed by atoms with E-state index in [4.69, 9.17) is 15.6 Å². The summed E-state index contributed by atoms with van der Waals surface area (Å²) >= 11 is 0. The lowest BCUT2D eigenvalue weighted by Crippen LogP contribution is -1.88. The predicted octanol–water partition coefficient (Wildman–Crippen LogP) is 0.450. The van der Waals surface area contributed by atoms with Crippen LogP contribution < -0.4 is 0 Å². The van der Waals surface area contributed by atoms with Gasteiger partial charge in [0.15, 0.2) is 0 Å². The fourth-order valence-electron chi connectivity index (χ4n) is 0.223. The van der Waals surface area contributed by atoms with Gasteiger partial charge in [-0.1, -0.05) is 0 Å². The minimum atomic E-state index is -0.639. The number of methoxy groups -OCH3 is 1. The second-order valence-corrected chi connectivity index (χ2v) is 1.11. The molecule has 0 spiro atoms. The third-order valence-electron chi connectivity index (χ3n) is 0.631. The lowest BCUT2D eigenvalue weighted by Gasteiger charge is -1.92. The van der Waals surface area contributed by atoms with Gasteiger partial charge in [-0.05, 0) is 0 Å². The van der Waals surface area contributed by atoms with Crippen LogP contribution in [0.4, 0.5) is 0 Å². The molecule has 0 radical (unpaired) electrons. The Morgan fingerprint density at radius 3 is 2.00 bits per heavy atom. The van der Waals surface area contributed by atoms with Crippen molar-refractivity contribution in [1.29, 1.82) is 10.5 Å². The summed E-state index contributed by atoms with van der Waals surface area (Å²) in [5.74, 6) is -0.639. The molecule has 0 unspecified atom stereocenters. The normalized spacial score (nSPS) is 6.56. The smallest absolute Gasteiger partial charge is 0.306 e. The van der Waals surface area contributed by atoms with Crippen LogP contribution in [0.25, 0.3) is 0 Å². The molecule has 0 amide bonds. The minimum absolute atomic E-state index is 0.419. The van der Waals surface area contributed by atoms with Gasteiger partial charge in [0, 0.05) is 0 Å². The van der Waals surface area contributed by atoms with E-state index in [0.29, 0.717) is 0 Å².